The van der Waals surface area contributed by atoms with Crippen molar-refractivity contribution in [2.24, 2.45) is 0 Å². The molecule has 6 nitrogen and oxygen atoms in total. The third kappa shape index (κ3) is 4.72. The number of aromatic nitrogens is 2. The topological polar surface area (TPSA) is 81.1 Å². The van der Waals surface area contributed by atoms with Gasteiger partial charge in [-0.1, -0.05) is 25.0 Å². The van der Waals surface area contributed by atoms with E-state index in [1.807, 2.05) is 42.0 Å². The molecule has 2 aromatic rings. The molecule has 1 aromatic carbocycles. The molecule has 0 radical (unpaired) electrons. The van der Waals surface area contributed by atoms with Crippen molar-refractivity contribution in [3.8, 4) is 0 Å². The maximum absolute atomic E-state index is 12.2. The standard InChI is InChI=1S/C19H25N3O3S/c1-15-20-11-12-22(15)14-16-6-8-17(9-7-16)21-19(23)10-13-26(24,25)18-4-2-3-5-18/h6-9,11-12,18H,2-5,10,13-14H2,1H3,(H,21,23). The first kappa shape index (κ1) is 18.6. The van der Waals surface area contributed by atoms with Crippen LogP contribution in [0, 0.1) is 6.92 Å². The van der Waals surface area contributed by atoms with Crippen LogP contribution in [0.1, 0.15) is 43.5 Å². The van der Waals surface area contributed by atoms with E-state index in [4.69, 9.17) is 0 Å². The van der Waals surface area contributed by atoms with Gasteiger partial charge in [-0.2, -0.15) is 0 Å². The highest BCUT2D eigenvalue weighted by molar-refractivity contribution is 7.92. The SMILES string of the molecule is Cc1nccn1Cc1ccc(NC(=O)CCS(=O)(=O)C2CCCC2)cc1. The van der Waals surface area contributed by atoms with Gasteiger partial charge in [0.15, 0.2) is 9.84 Å². The number of carbonyl (C=O) groups excluding carboxylic acids is 1. The Labute approximate surface area is 154 Å². The Morgan fingerprint density at radius 1 is 1.23 bits per heavy atom. The molecule has 1 aromatic heterocycles. The van der Waals surface area contributed by atoms with Gasteiger partial charge in [0.2, 0.25) is 5.91 Å². The monoisotopic (exact) mass is 375 g/mol. The molecule has 1 saturated carbocycles. The van der Waals surface area contributed by atoms with E-state index in [1.165, 1.54) is 0 Å². The second kappa shape index (κ2) is 8.03. The Morgan fingerprint density at radius 2 is 1.92 bits per heavy atom. The number of hydrogen-bond acceptors (Lipinski definition) is 4. The number of nitrogens with one attached hydrogen (secondary N) is 1. The van der Waals surface area contributed by atoms with Gasteiger partial charge < -0.3 is 9.88 Å². The van der Waals surface area contributed by atoms with Crippen molar-refractivity contribution in [2.75, 3.05) is 11.1 Å². The highest BCUT2D eigenvalue weighted by atomic mass is 32.2. The Morgan fingerprint density at radius 3 is 2.54 bits per heavy atom. The lowest BCUT2D eigenvalue weighted by Gasteiger charge is -2.11. The maximum atomic E-state index is 12.2. The molecule has 0 spiro atoms. The van der Waals surface area contributed by atoms with E-state index in [9.17, 15) is 13.2 Å². The maximum Gasteiger partial charge on any atom is 0.225 e. The molecule has 7 heteroatoms. The number of aryl methyl sites for hydroxylation is 1. The van der Waals surface area contributed by atoms with Crippen molar-refractivity contribution >= 4 is 21.4 Å². The molecule has 1 aliphatic carbocycles. The van der Waals surface area contributed by atoms with Gasteiger partial charge in [0.25, 0.3) is 0 Å². The van der Waals surface area contributed by atoms with Gasteiger partial charge >= 0.3 is 0 Å². The van der Waals surface area contributed by atoms with Crippen LogP contribution in [0.15, 0.2) is 36.7 Å². The third-order valence-electron chi connectivity index (χ3n) is 4.94. The summed E-state index contributed by atoms with van der Waals surface area (Å²) in [4.78, 5) is 16.3. The fraction of sp³-hybridized carbons (Fsp3) is 0.474. The molecule has 1 heterocycles. The number of amides is 1. The van der Waals surface area contributed by atoms with Crippen LogP contribution in [-0.4, -0.2) is 34.9 Å². The Balaban J connectivity index is 1.50. The number of carbonyl (C=O) groups is 1. The highest BCUT2D eigenvalue weighted by Crippen LogP contribution is 2.25. The zero-order chi connectivity index (χ0) is 18.6. The van der Waals surface area contributed by atoms with E-state index in [1.54, 1.807) is 6.20 Å². The number of benzene rings is 1. The minimum absolute atomic E-state index is 0.00875. The van der Waals surface area contributed by atoms with E-state index in [-0.39, 0.29) is 23.3 Å². The number of imidazole rings is 1. The first-order valence-electron chi connectivity index (χ1n) is 9.02. The molecular weight excluding hydrogens is 350 g/mol. The zero-order valence-corrected chi connectivity index (χ0v) is 15.8. The predicted octanol–water partition coefficient (Wildman–Crippen LogP) is 2.93. The number of nitrogens with zero attached hydrogens (tertiary/aromatic N) is 2. The van der Waals surface area contributed by atoms with Crippen LogP contribution < -0.4 is 5.32 Å². The summed E-state index contributed by atoms with van der Waals surface area (Å²) in [6, 6.07) is 7.57. The molecule has 26 heavy (non-hydrogen) atoms. The number of sulfone groups is 1. The minimum Gasteiger partial charge on any atom is -0.331 e. The largest absolute Gasteiger partial charge is 0.331 e. The summed E-state index contributed by atoms with van der Waals surface area (Å²) in [6.07, 6.45) is 7.12. The molecule has 1 fully saturated rings. The van der Waals surface area contributed by atoms with Crippen molar-refractivity contribution < 1.29 is 13.2 Å². The van der Waals surface area contributed by atoms with Gasteiger partial charge in [0.1, 0.15) is 5.82 Å². The van der Waals surface area contributed by atoms with Crippen LogP contribution >= 0.6 is 0 Å². The summed E-state index contributed by atoms with van der Waals surface area (Å²) in [5.74, 6) is 0.622. The lowest BCUT2D eigenvalue weighted by molar-refractivity contribution is -0.115. The first-order chi connectivity index (χ1) is 12.4. The summed E-state index contributed by atoms with van der Waals surface area (Å²) in [6.45, 7) is 2.67. The van der Waals surface area contributed by atoms with Gasteiger partial charge in [0, 0.05) is 31.0 Å². The van der Waals surface area contributed by atoms with E-state index < -0.39 is 9.84 Å². The number of rotatable bonds is 7. The average Bonchev–Trinajstić information content (AvgIpc) is 3.28. The summed E-state index contributed by atoms with van der Waals surface area (Å²) < 4.78 is 26.5. The Bertz CT molecular complexity index is 850. The van der Waals surface area contributed by atoms with Crippen LogP contribution in [0.2, 0.25) is 0 Å². The first-order valence-corrected chi connectivity index (χ1v) is 10.7. The smallest absolute Gasteiger partial charge is 0.225 e. The molecule has 1 aliphatic rings. The molecule has 0 unspecified atom stereocenters. The number of anilines is 1. The summed E-state index contributed by atoms with van der Waals surface area (Å²) >= 11 is 0. The van der Waals surface area contributed by atoms with Crippen LogP contribution in [-0.2, 0) is 21.2 Å². The number of hydrogen-bond donors (Lipinski definition) is 1. The summed E-state index contributed by atoms with van der Waals surface area (Å²) in [7, 11) is -3.16. The molecule has 140 valence electrons. The normalized spacial score (nSPS) is 15.3. The van der Waals surface area contributed by atoms with Crippen LogP contribution in [0.4, 0.5) is 5.69 Å². The van der Waals surface area contributed by atoms with Gasteiger partial charge in [0.05, 0.1) is 11.0 Å². The fourth-order valence-electron chi connectivity index (χ4n) is 3.33. The van der Waals surface area contributed by atoms with Crippen molar-refractivity contribution in [3.05, 3.63) is 48.0 Å². The molecule has 1 N–H and O–H groups in total. The lowest BCUT2D eigenvalue weighted by Crippen LogP contribution is -2.24. The second-order valence-corrected chi connectivity index (χ2v) is 9.27. The van der Waals surface area contributed by atoms with Gasteiger partial charge in [-0.3, -0.25) is 4.79 Å². The molecular formula is C19H25N3O3S. The molecule has 0 aliphatic heterocycles. The van der Waals surface area contributed by atoms with Gasteiger partial charge in [-0.05, 0) is 37.5 Å². The van der Waals surface area contributed by atoms with Crippen molar-refractivity contribution in [3.63, 3.8) is 0 Å². The summed E-state index contributed by atoms with van der Waals surface area (Å²) in [5, 5.41) is 2.53. The van der Waals surface area contributed by atoms with Crippen LogP contribution in [0.25, 0.3) is 0 Å². The third-order valence-corrected chi connectivity index (χ3v) is 7.20. The quantitative estimate of drug-likeness (QED) is 0.807. The lowest BCUT2D eigenvalue weighted by atomic mass is 10.2. The van der Waals surface area contributed by atoms with Crippen molar-refractivity contribution in [1.29, 1.82) is 0 Å². The molecule has 0 atom stereocenters. The summed E-state index contributed by atoms with van der Waals surface area (Å²) in [5.41, 5.74) is 1.78. The van der Waals surface area contributed by atoms with E-state index in [0.717, 1.165) is 43.6 Å². The minimum atomic E-state index is -3.16. The molecule has 0 bridgehead atoms. The molecule has 0 saturated heterocycles. The molecule has 1 amide bonds. The van der Waals surface area contributed by atoms with Crippen LogP contribution in [0.5, 0.6) is 0 Å². The van der Waals surface area contributed by atoms with E-state index in [0.29, 0.717) is 5.69 Å². The van der Waals surface area contributed by atoms with E-state index in [2.05, 4.69) is 10.3 Å². The van der Waals surface area contributed by atoms with E-state index >= 15 is 0 Å². The average molecular weight is 375 g/mol. The van der Waals surface area contributed by atoms with Crippen molar-refractivity contribution in [1.82, 2.24) is 9.55 Å². The van der Waals surface area contributed by atoms with Crippen molar-refractivity contribution in [2.45, 2.75) is 50.8 Å². The molecule has 3 rings (SSSR count). The Kier molecular flexibility index (Phi) is 5.76. The fourth-order valence-corrected chi connectivity index (χ4v) is 5.19. The predicted molar refractivity (Wildman–Crippen MR) is 102 cm³/mol. The van der Waals surface area contributed by atoms with Gasteiger partial charge in [-0.25, -0.2) is 13.4 Å². The zero-order valence-electron chi connectivity index (χ0n) is 15.0. The Hall–Kier alpha value is -2.15. The second-order valence-electron chi connectivity index (χ2n) is 6.87. The highest BCUT2D eigenvalue weighted by Gasteiger charge is 2.28. The van der Waals surface area contributed by atoms with Crippen LogP contribution in [0.3, 0.4) is 0 Å². The van der Waals surface area contributed by atoms with Gasteiger partial charge in [-0.15, -0.1) is 0 Å².